The van der Waals surface area contributed by atoms with Crippen molar-refractivity contribution in [1.82, 2.24) is 9.97 Å². The van der Waals surface area contributed by atoms with Gasteiger partial charge in [-0.1, -0.05) is 11.6 Å². The van der Waals surface area contributed by atoms with Crippen molar-refractivity contribution in [3.05, 3.63) is 17.5 Å². The highest BCUT2D eigenvalue weighted by atomic mass is 35.5. The van der Waals surface area contributed by atoms with Crippen LogP contribution in [0.25, 0.3) is 0 Å². The molecule has 0 spiro atoms. The monoisotopic (exact) mass is 143 g/mol. The fourth-order valence-electron chi connectivity index (χ4n) is 0.404. The first-order valence-electron chi connectivity index (χ1n) is 2.27. The Morgan fingerprint density at radius 1 is 1.78 bits per heavy atom. The van der Waals surface area contributed by atoms with Crippen molar-refractivity contribution in [1.29, 1.82) is 0 Å². The predicted molar refractivity (Wildman–Crippen MR) is 32.4 cm³/mol. The summed E-state index contributed by atoms with van der Waals surface area (Å²) in [6.07, 6.45) is 3.86. The van der Waals surface area contributed by atoms with Gasteiger partial charge in [0, 0.05) is 0 Å². The third-order valence-electron chi connectivity index (χ3n) is 0.772. The summed E-state index contributed by atoms with van der Waals surface area (Å²) < 4.78 is 4.71. The average molecular weight is 144 g/mol. The van der Waals surface area contributed by atoms with Crippen LogP contribution in [0.1, 0.15) is 0 Å². The van der Waals surface area contributed by atoms with E-state index in [1.165, 1.54) is 13.3 Å². The summed E-state index contributed by atoms with van der Waals surface area (Å²) >= 11 is 5.51. The van der Waals surface area contributed by atoms with E-state index in [0.29, 0.717) is 5.88 Å². The second-order valence-electron chi connectivity index (χ2n) is 1.30. The van der Waals surface area contributed by atoms with Gasteiger partial charge in [0.2, 0.25) is 0 Å². The van der Waals surface area contributed by atoms with Gasteiger partial charge in [0.05, 0.1) is 13.3 Å². The molecule has 0 amide bonds. The Hall–Kier alpha value is -0.830. The van der Waals surface area contributed by atoms with E-state index in [1.807, 2.05) is 0 Å². The quantitative estimate of drug-likeness (QED) is 0.587. The Morgan fingerprint density at radius 3 is 3.00 bits per heavy atom. The average Bonchev–Trinajstić information content (AvgIpc) is 1.89. The van der Waals surface area contributed by atoms with E-state index in [0.717, 1.165) is 0 Å². The van der Waals surface area contributed by atoms with E-state index in [1.54, 1.807) is 0 Å². The summed E-state index contributed by atoms with van der Waals surface area (Å²) in [5.41, 5.74) is 0. The maximum Gasteiger partial charge on any atom is 0.252 e. The number of nitrogens with zero attached hydrogens (tertiary/aromatic N) is 2. The number of aromatic nitrogens is 2. The zero-order valence-electron chi connectivity index (χ0n) is 4.76. The molecule has 0 aliphatic carbocycles. The normalized spacial score (nSPS) is 9.11. The molecule has 0 aromatic carbocycles. The van der Waals surface area contributed by atoms with Crippen LogP contribution in [-0.2, 0) is 0 Å². The molecule has 0 atom stereocenters. The molecule has 1 aromatic rings. The van der Waals surface area contributed by atoms with E-state index >= 15 is 0 Å². The molecule has 0 bridgehead atoms. The molecule has 4 heteroatoms. The molecule has 1 heterocycles. The van der Waals surface area contributed by atoms with Crippen LogP contribution in [0.15, 0.2) is 6.20 Å². The van der Waals surface area contributed by atoms with E-state index in [9.17, 15) is 0 Å². The first-order valence-corrected chi connectivity index (χ1v) is 2.65. The molecule has 0 saturated heterocycles. The Labute approximate surface area is 57.7 Å². The van der Waals surface area contributed by atoms with Gasteiger partial charge in [0.15, 0.2) is 5.15 Å². The first-order chi connectivity index (χ1) is 4.34. The Kier molecular flexibility index (Phi) is 1.85. The number of hydrogen-bond donors (Lipinski definition) is 0. The number of rotatable bonds is 1. The second-order valence-corrected chi connectivity index (χ2v) is 1.66. The lowest BCUT2D eigenvalue weighted by Crippen LogP contribution is -1.88. The predicted octanol–water partition coefficient (Wildman–Crippen LogP) is 0.939. The van der Waals surface area contributed by atoms with Gasteiger partial charge in [-0.05, 0) is 0 Å². The van der Waals surface area contributed by atoms with Gasteiger partial charge >= 0.3 is 0 Å². The van der Waals surface area contributed by atoms with Crippen LogP contribution in [0.2, 0.25) is 5.15 Å². The van der Waals surface area contributed by atoms with Crippen LogP contribution in [0.3, 0.4) is 0 Å². The summed E-state index contributed by atoms with van der Waals surface area (Å²) in [5, 5.41) is 0.260. The molecule has 0 N–H and O–H groups in total. The van der Waals surface area contributed by atoms with Gasteiger partial charge in [-0.25, -0.2) is 9.97 Å². The SMILES string of the molecule is COc1n[c]cnc1Cl. The third-order valence-corrected chi connectivity index (χ3v) is 1.03. The van der Waals surface area contributed by atoms with E-state index in [2.05, 4.69) is 16.2 Å². The zero-order valence-corrected chi connectivity index (χ0v) is 5.51. The molecular weight excluding hydrogens is 140 g/mol. The van der Waals surface area contributed by atoms with Crippen LogP contribution < -0.4 is 4.74 Å². The summed E-state index contributed by atoms with van der Waals surface area (Å²) in [7, 11) is 1.48. The van der Waals surface area contributed by atoms with Crippen LogP contribution in [0.4, 0.5) is 0 Å². The Balaban J connectivity index is 3.01. The van der Waals surface area contributed by atoms with Crippen LogP contribution in [-0.4, -0.2) is 17.1 Å². The van der Waals surface area contributed by atoms with Crippen molar-refractivity contribution < 1.29 is 4.74 Å². The number of methoxy groups -OCH3 is 1. The van der Waals surface area contributed by atoms with Crippen molar-refractivity contribution >= 4 is 11.6 Å². The standard InChI is InChI=1S/C5H4ClN2O/c1-9-5-4(6)7-2-3-8-5/h2H,1H3. The molecule has 0 unspecified atom stereocenters. The highest BCUT2D eigenvalue weighted by Crippen LogP contribution is 2.14. The molecule has 3 nitrogen and oxygen atoms in total. The van der Waals surface area contributed by atoms with Gasteiger partial charge in [0.1, 0.15) is 6.20 Å². The number of halogens is 1. The van der Waals surface area contributed by atoms with Crippen molar-refractivity contribution in [3.63, 3.8) is 0 Å². The zero-order chi connectivity index (χ0) is 6.69. The Morgan fingerprint density at radius 2 is 2.56 bits per heavy atom. The van der Waals surface area contributed by atoms with E-state index in [4.69, 9.17) is 16.3 Å². The minimum atomic E-state index is 0.260. The largest absolute Gasteiger partial charge is 0.479 e. The third kappa shape index (κ3) is 1.29. The van der Waals surface area contributed by atoms with E-state index in [-0.39, 0.29) is 5.15 Å². The highest BCUT2D eigenvalue weighted by molar-refractivity contribution is 6.30. The van der Waals surface area contributed by atoms with Crippen molar-refractivity contribution in [2.45, 2.75) is 0 Å². The Bertz CT molecular complexity index is 204. The van der Waals surface area contributed by atoms with Gasteiger partial charge < -0.3 is 4.74 Å². The topological polar surface area (TPSA) is 35.0 Å². The lowest BCUT2D eigenvalue weighted by atomic mass is 10.7. The lowest BCUT2D eigenvalue weighted by Gasteiger charge is -1.95. The molecule has 1 aromatic heterocycles. The number of ether oxygens (including phenoxy) is 1. The van der Waals surface area contributed by atoms with Gasteiger partial charge in [0.25, 0.3) is 5.88 Å². The second kappa shape index (κ2) is 2.64. The van der Waals surface area contributed by atoms with Gasteiger partial charge in [-0.2, -0.15) is 0 Å². The molecule has 9 heavy (non-hydrogen) atoms. The van der Waals surface area contributed by atoms with Crippen molar-refractivity contribution in [3.8, 4) is 5.88 Å². The summed E-state index contributed by atoms with van der Waals surface area (Å²) in [6, 6.07) is 0. The highest BCUT2D eigenvalue weighted by Gasteiger charge is 1.98. The van der Waals surface area contributed by atoms with Crippen LogP contribution >= 0.6 is 11.6 Å². The lowest BCUT2D eigenvalue weighted by molar-refractivity contribution is 0.395. The fraction of sp³-hybridized carbons (Fsp3) is 0.200. The first kappa shape index (κ1) is 6.29. The van der Waals surface area contributed by atoms with Gasteiger partial charge in [-0.15, -0.1) is 0 Å². The van der Waals surface area contributed by atoms with Crippen LogP contribution in [0, 0.1) is 6.20 Å². The summed E-state index contributed by atoms with van der Waals surface area (Å²) in [6.45, 7) is 0. The minimum absolute atomic E-state index is 0.260. The molecule has 0 fully saturated rings. The fourth-order valence-corrected chi connectivity index (χ4v) is 0.572. The molecule has 0 saturated carbocycles. The van der Waals surface area contributed by atoms with Crippen molar-refractivity contribution in [2.24, 2.45) is 0 Å². The maximum atomic E-state index is 5.51. The molecule has 47 valence electrons. The van der Waals surface area contributed by atoms with Crippen LogP contribution in [0.5, 0.6) is 5.88 Å². The molecule has 0 aliphatic rings. The smallest absolute Gasteiger partial charge is 0.252 e. The molecule has 1 radical (unpaired) electrons. The summed E-state index contributed by atoms with van der Waals surface area (Å²) in [5.74, 6) is 0.305. The number of hydrogen-bond acceptors (Lipinski definition) is 3. The molecule has 1 rings (SSSR count). The van der Waals surface area contributed by atoms with Crippen molar-refractivity contribution in [2.75, 3.05) is 7.11 Å². The molecular formula is C5H4ClN2O. The summed E-state index contributed by atoms with van der Waals surface area (Å²) in [4.78, 5) is 7.33. The minimum Gasteiger partial charge on any atom is -0.479 e. The van der Waals surface area contributed by atoms with Gasteiger partial charge in [-0.3, -0.25) is 0 Å². The van der Waals surface area contributed by atoms with E-state index < -0.39 is 0 Å². The maximum absolute atomic E-state index is 5.51. The molecule has 0 aliphatic heterocycles.